The summed E-state index contributed by atoms with van der Waals surface area (Å²) in [4.78, 5) is 40.9. The molecule has 0 atom stereocenters. The fourth-order valence-electron chi connectivity index (χ4n) is 4.02. The van der Waals surface area contributed by atoms with E-state index in [2.05, 4.69) is 36.6 Å². The molecular weight excluding hydrogens is 426 g/mol. The Labute approximate surface area is 192 Å². The van der Waals surface area contributed by atoms with Crippen LogP contribution in [0.1, 0.15) is 28.1 Å². The SMILES string of the molecule is Cc1ccc(-n2c(C)cc(/C=C3\SC(=O)N(CC(=O)N4CCOCC4)C3=O)c2C)cc1C. The minimum atomic E-state index is -0.419. The van der Waals surface area contributed by atoms with E-state index in [1.54, 1.807) is 11.0 Å². The number of rotatable bonds is 4. The molecular formula is C24H27N3O4S. The van der Waals surface area contributed by atoms with E-state index in [9.17, 15) is 14.4 Å². The molecule has 2 aliphatic heterocycles. The van der Waals surface area contributed by atoms with Crippen molar-refractivity contribution in [1.29, 1.82) is 0 Å². The van der Waals surface area contributed by atoms with E-state index in [0.717, 1.165) is 39.3 Å². The van der Waals surface area contributed by atoms with Crippen LogP contribution < -0.4 is 0 Å². The normalized spacial score (nSPS) is 18.2. The zero-order valence-corrected chi connectivity index (χ0v) is 19.6. The third-order valence-electron chi connectivity index (χ3n) is 6.04. The largest absolute Gasteiger partial charge is 0.378 e. The zero-order valence-electron chi connectivity index (χ0n) is 18.8. The van der Waals surface area contributed by atoms with Crippen molar-refractivity contribution in [1.82, 2.24) is 14.4 Å². The molecule has 8 heteroatoms. The van der Waals surface area contributed by atoms with Crippen LogP contribution in [0.3, 0.4) is 0 Å². The summed E-state index contributed by atoms with van der Waals surface area (Å²) >= 11 is 0.883. The molecule has 7 nitrogen and oxygen atoms in total. The molecule has 3 amide bonds. The molecule has 0 radical (unpaired) electrons. The van der Waals surface area contributed by atoms with Crippen LogP contribution in [0, 0.1) is 27.7 Å². The van der Waals surface area contributed by atoms with Gasteiger partial charge in [0, 0.05) is 30.2 Å². The smallest absolute Gasteiger partial charge is 0.294 e. The number of hydrogen-bond donors (Lipinski definition) is 0. The maximum absolute atomic E-state index is 12.9. The van der Waals surface area contributed by atoms with Crippen molar-refractivity contribution in [2.75, 3.05) is 32.8 Å². The number of aromatic nitrogens is 1. The zero-order chi connectivity index (χ0) is 23.0. The van der Waals surface area contributed by atoms with E-state index in [1.807, 2.05) is 19.9 Å². The van der Waals surface area contributed by atoms with Crippen LogP contribution in [0.2, 0.25) is 0 Å². The van der Waals surface area contributed by atoms with Crippen molar-refractivity contribution in [2.45, 2.75) is 27.7 Å². The average Bonchev–Trinajstić information content (AvgIpc) is 3.20. The van der Waals surface area contributed by atoms with Gasteiger partial charge in [0.15, 0.2) is 0 Å². The Morgan fingerprint density at radius 1 is 1.06 bits per heavy atom. The number of ether oxygens (including phenoxy) is 1. The average molecular weight is 454 g/mol. The number of aryl methyl sites for hydroxylation is 3. The van der Waals surface area contributed by atoms with Gasteiger partial charge >= 0.3 is 0 Å². The molecule has 32 heavy (non-hydrogen) atoms. The summed E-state index contributed by atoms with van der Waals surface area (Å²) in [6, 6.07) is 8.33. The van der Waals surface area contributed by atoms with Crippen LogP contribution in [0.25, 0.3) is 11.8 Å². The summed E-state index contributed by atoms with van der Waals surface area (Å²) in [6.07, 6.45) is 1.75. The maximum atomic E-state index is 12.9. The van der Waals surface area contributed by atoms with E-state index in [-0.39, 0.29) is 12.5 Å². The topological polar surface area (TPSA) is 71.8 Å². The Bertz CT molecular complexity index is 1130. The quantitative estimate of drug-likeness (QED) is 0.662. The molecule has 0 N–H and O–H groups in total. The van der Waals surface area contributed by atoms with Crippen molar-refractivity contribution >= 4 is 34.9 Å². The number of hydrogen-bond acceptors (Lipinski definition) is 5. The second-order valence-corrected chi connectivity index (χ2v) is 9.18. The van der Waals surface area contributed by atoms with Gasteiger partial charge in [-0.1, -0.05) is 6.07 Å². The number of carbonyl (C=O) groups excluding carboxylic acids is 3. The van der Waals surface area contributed by atoms with Crippen LogP contribution in [0.15, 0.2) is 29.2 Å². The van der Waals surface area contributed by atoms with Gasteiger partial charge in [-0.3, -0.25) is 19.3 Å². The van der Waals surface area contributed by atoms with Gasteiger partial charge in [-0.15, -0.1) is 0 Å². The highest BCUT2D eigenvalue weighted by molar-refractivity contribution is 8.18. The van der Waals surface area contributed by atoms with Gasteiger partial charge in [0.2, 0.25) is 5.91 Å². The monoisotopic (exact) mass is 453 g/mol. The van der Waals surface area contributed by atoms with Gasteiger partial charge in [0.05, 0.1) is 18.1 Å². The van der Waals surface area contributed by atoms with E-state index in [1.165, 1.54) is 11.1 Å². The predicted molar refractivity (Wildman–Crippen MR) is 125 cm³/mol. The fourth-order valence-corrected chi connectivity index (χ4v) is 4.85. The van der Waals surface area contributed by atoms with Crippen molar-refractivity contribution in [3.05, 3.63) is 57.2 Å². The summed E-state index contributed by atoms with van der Waals surface area (Å²) in [5.41, 5.74) is 6.41. The maximum Gasteiger partial charge on any atom is 0.294 e. The lowest BCUT2D eigenvalue weighted by Crippen LogP contribution is -2.46. The first-order valence-corrected chi connectivity index (χ1v) is 11.5. The molecule has 0 bridgehead atoms. The van der Waals surface area contributed by atoms with Crippen LogP contribution in [0.5, 0.6) is 0 Å². The van der Waals surface area contributed by atoms with Crippen LogP contribution in [-0.2, 0) is 14.3 Å². The highest BCUT2D eigenvalue weighted by Crippen LogP contribution is 2.34. The number of morpholine rings is 1. The van der Waals surface area contributed by atoms with Crippen molar-refractivity contribution in [3.63, 3.8) is 0 Å². The molecule has 0 spiro atoms. The molecule has 1 aromatic carbocycles. The van der Waals surface area contributed by atoms with Crippen LogP contribution in [0.4, 0.5) is 4.79 Å². The van der Waals surface area contributed by atoms with E-state index < -0.39 is 11.1 Å². The predicted octanol–water partition coefficient (Wildman–Crippen LogP) is 3.61. The summed E-state index contributed by atoms with van der Waals surface area (Å²) in [7, 11) is 0. The first-order chi connectivity index (χ1) is 15.3. The molecule has 4 rings (SSSR count). The first-order valence-electron chi connectivity index (χ1n) is 10.6. The Morgan fingerprint density at radius 2 is 1.78 bits per heavy atom. The lowest BCUT2D eigenvalue weighted by Gasteiger charge is -2.28. The standard InChI is InChI=1S/C24H27N3O4S/c1-15-5-6-20(11-16(15)2)27-17(3)12-19(18(27)4)13-21-23(29)26(24(30)32-21)14-22(28)25-7-9-31-10-8-25/h5-6,11-13H,7-10,14H2,1-4H3/b21-13-. The van der Waals surface area contributed by atoms with Gasteiger partial charge in [-0.05, 0) is 80.4 Å². The fraction of sp³-hybridized carbons (Fsp3) is 0.375. The Morgan fingerprint density at radius 3 is 2.47 bits per heavy atom. The van der Waals surface area contributed by atoms with Gasteiger partial charge in [-0.2, -0.15) is 0 Å². The number of thioether (sulfide) groups is 1. The molecule has 2 fully saturated rings. The summed E-state index contributed by atoms with van der Waals surface area (Å²) in [5.74, 6) is -0.651. The highest BCUT2D eigenvalue weighted by Gasteiger charge is 2.37. The second kappa shape index (κ2) is 8.96. The van der Waals surface area contributed by atoms with E-state index in [0.29, 0.717) is 31.2 Å². The van der Waals surface area contributed by atoms with Crippen molar-refractivity contribution in [2.24, 2.45) is 0 Å². The molecule has 2 saturated heterocycles. The summed E-state index contributed by atoms with van der Waals surface area (Å²) in [6.45, 7) is 9.87. The molecule has 168 valence electrons. The van der Waals surface area contributed by atoms with E-state index in [4.69, 9.17) is 4.74 Å². The lowest BCUT2D eigenvalue weighted by atomic mass is 10.1. The molecule has 0 saturated carbocycles. The van der Waals surface area contributed by atoms with Gasteiger partial charge < -0.3 is 14.2 Å². The Kier molecular flexibility index (Phi) is 6.26. The molecule has 3 heterocycles. The van der Waals surface area contributed by atoms with E-state index >= 15 is 0 Å². The third kappa shape index (κ3) is 4.25. The van der Waals surface area contributed by atoms with Crippen molar-refractivity contribution < 1.29 is 19.1 Å². The van der Waals surface area contributed by atoms with Gasteiger partial charge in [-0.25, -0.2) is 0 Å². The second-order valence-electron chi connectivity index (χ2n) is 8.19. The third-order valence-corrected chi connectivity index (χ3v) is 6.94. The van der Waals surface area contributed by atoms with Gasteiger partial charge in [0.1, 0.15) is 6.54 Å². The molecule has 0 unspecified atom stereocenters. The molecule has 1 aromatic heterocycles. The minimum Gasteiger partial charge on any atom is -0.378 e. The number of amides is 3. The Hall–Kier alpha value is -2.84. The lowest BCUT2D eigenvalue weighted by molar-refractivity contribution is -0.139. The first kappa shape index (κ1) is 22.4. The summed E-state index contributed by atoms with van der Waals surface area (Å²) < 4.78 is 7.40. The number of carbonyl (C=O) groups is 3. The summed E-state index contributed by atoms with van der Waals surface area (Å²) in [5, 5.41) is -0.411. The highest BCUT2D eigenvalue weighted by atomic mass is 32.2. The molecule has 2 aromatic rings. The van der Waals surface area contributed by atoms with Crippen molar-refractivity contribution in [3.8, 4) is 5.69 Å². The van der Waals surface area contributed by atoms with Gasteiger partial charge in [0.25, 0.3) is 11.1 Å². The minimum absolute atomic E-state index is 0.232. The number of benzene rings is 1. The Balaban J connectivity index is 1.56. The van der Waals surface area contributed by atoms with Crippen LogP contribution >= 0.6 is 11.8 Å². The van der Waals surface area contributed by atoms with Crippen LogP contribution in [-0.4, -0.2) is 64.3 Å². The molecule has 2 aliphatic rings. The number of nitrogens with zero attached hydrogens (tertiary/aromatic N) is 3. The molecule has 0 aliphatic carbocycles. The number of imide groups is 1.